The highest BCUT2D eigenvalue weighted by Gasteiger charge is 2.31. The first-order chi connectivity index (χ1) is 25.1. The summed E-state index contributed by atoms with van der Waals surface area (Å²) in [5.74, 6) is 3.96. The maximum atomic E-state index is 2.55. The minimum absolute atomic E-state index is 0.471. The molecule has 0 fully saturated rings. The average molecular weight is 719 g/mol. The second-order valence-electron chi connectivity index (χ2n) is 18.3. The van der Waals surface area contributed by atoms with Crippen LogP contribution in [0.15, 0.2) is 71.8 Å². The molecule has 2 aliphatic carbocycles. The predicted molar refractivity (Wildman–Crippen MR) is 236 cm³/mol. The monoisotopic (exact) mass is 718 g/mol. The van der Waals surface area contributed by atoms with Crippen molar-refractivity contribution in [3.63, 3.8) is 0 Å². The molecular formula is C52H66Si. The summed E-state index contributed by atoms with van der Waals surface area (Å²) in [4.78, 5) is 0. The van der Waals surface area contributed by atoms with E-state index in [1.165, 1.54) is 90.0 Å². The molecule has 0 N–H and O–H groups in total. The maximum Gasteiger partial charge on any atom is 0.0397 e. The normalized spacial score (nSPS) is 16.8. The van der Waals surface area contributed by atoms with Gasteiger partial charge in [-0.1, -0.05) is 179 Å². The molecule has 0 saturated heterocycles. The molecule has 0 nitrogen and oxygen atoms in total. The number of fused-ring (bicyclic) bond motifs is 2. The Balaban J connectivity index is 1.32. The van der Waals surface area contributed by atoms with Crippen molar-refractivity contribution in [3.8, 4) is 22.3 Å². The minimum Gasteiger partial charge on any atom is -0.0655 e. The van der Waals surface area contributed by atoms with Crippen LogP contribution in [0.5, 0.6) is 0 Å². The van der Waals surface area contributed by atoms with E-state index in [0.29, 0.717) is 47.3 Å². The molecule has 0 aromatic heterocycles. The zero-order chi connectivity index (χ0) is 38.5. The van der Waals surface area contributed by atoms with Crippen molar-refractivity contribution in [2.75, 3.05) is 0 Å². The summed E-state index contributed by atoms with van der Waals surface area (Å²) in [7, 11) is 0.905. The molecule has 2 unspecified atom stereocenters. The number of hydrogen-bond donors (Lipinski definition) is 0. The molecule has 1 heteroatoms. The zero-order valence-corrected chi connectivity index (χ0v) is 36.5. The van der Waals surface area contributed by atoms with Gasteiger partial charge in [-0.15, -0.1) is 0 Å². The number of rotatable bonds is 12. The van der Waals surface area contributed by atoms with Crippen LogP contribution in [0.4, 0.5) is 0 Å². The second-order valence-corrected chi connectivity index (χ2v) is 19.6. The summed E-state index contributed by atoms with van der Waals surface area (Å²) >= 11 is 0. The van der Waals surface area contributed by atoms with Gasteiger partial charge in [-0.05, 0) is 127 Å². The standard InChI is InChI=1S/C52H66Si/c1-29(2)37-21-38(30(3)4)24-41(23-37)51-43(33(9)10)15-17-45-47(51)19-35(13)49(45)27-53-28-50-36(14)20-48-46(50)18-16-44(34(11)12)52(48)42-25-39(31(5)6)22-40(26-42)32(7)8/h15-26,29-34,49-50H,27-28H2,1-14H3. The third-order valence-electron chi connectivity index (χ3n) is 12.4. The first-order valence-electron chi connectivity index (χ1n) is 20.8. The summed E-state index contributed by atoms with van der Waals surface area (Å²) in [6, 6.07) is 27.2. The molecule has 0 saturated carbocycles. The van der Waals surface area contributed by atoms with Gasteiger partial charge in [0.2, 0.25) is 0 Å². The van der Waals surface area contributed by atoms with Gasteiger partial charge in [-0.3, -0.25) is 0 Å². The molecule has 278 valence electrons. The van der Waals surface area contributed by atoms with Crippen molar-refractivity contribution >= 4 is 21.7 Å². The topological polar surface area (TPSA) is 0 Å². The fourth-order valence-electron chi connectivity index (χ4n) is 8.87. The van der Waals surface area contributed by atoms with Gasteiger partial charge in [-0.2, -0.15) is 0 Å². The quantitative estimate of drug-likeness (QED) is 0.128. The Bertz CT molecular complexity index is 1840. The van der Waals surface area contributed by atoms with Crippen LogP contribution < -0.4 is 0 Å². The van der Waals surface area contributed by atoms with Crippen LogP contribution in [0.25, 0.3) is 34.4 Å². The Labute approximate surface area is 326 Å². The molecule has 0 bridgehead atoms. The lowest BCUT2D eigenvalue weighted by Crippen LogP contribution is -2.08. The molecule has 0 aliphatic heterocycles. The van der Waals surface area contributed by atoms with Crippen LogP contribution in [0.1, 0.15) is 200 Å². The van der Waals surface area contributed by atoms with Crippen molar-refractivity contribution < 1.29 is 0 Å². The molecule has 2 atom stereocenters. The van der Waals surface area contributed by atoms with E-state index < -0.39 is 0 Å². The van der Waals surface area contributed by atoms with Crippen LogP contribution in [0, 0.1) is 0 Å². The van der Waals surface area contributed by atoms with Crippen molar-refractivity contribution in [1.29, 1.82) is 0 Å². The summed E-state index contributed by atoms with van der Waals surface area (Å²) in [6.45, 7) is 32.9. The molecule has 4 aromatic rings. The third-order valence-corrected chi connectivity index (χ3v) is 13.8. The molecule has 6 rings (SSSR count). The molecule has 2 aliphatic rings. The Kier molecular flexibility index (Phi) is 11.7. The Morgan fingerprint density at radius 2 is 0.755 bits per heavy atom. The van der Waals surface area contributed by atoms with E-state index in [2.05, 4.69) is 170 Å². The van der Waals surface area contributed by atoms with Crippen LogP contribution in [0.2, 0.25) is 12.1 Å². The number of hydrogen-bond acceptors (Lipinski definition) is 0. The number of allylic oxidation sites excluding steroid dienone is 2. The van der Waals surface area contributed by atoms with E-state index in [9.17, 15) is 0 Å². The van der Waals surface area contributed by atoms with E-state index in [-0.39, 0.29) is 0 Å². The van der Waals surface area contributed by atoms with E-state index in [0.717, 1.165) is 9.52 Å². The number of benzene rings is 4. The van der Waals surface area contributed by atoms with Gasteiger partial charge in [0.15, 0.2) is 0 Å². The van der Waals surface area contributed by atoms with Crippen LogP contribution in [-0.2, 0) is 0 Å². The maximum absolute atomic E-state index is 2.55. The van der Waals surface area contributed by atoms with Crippen molar-refractivity contribution in [2.45, 2.75) is 156 Å². The summed E-state index contributed by atoms with van der Waals surface area (Å²) in [5.41, 5.74) is 23.7. The highest BCUT2D eigenvalue weighted by Crippen LogP contribution is 2.49. The van der Waals surface area contributed by atoms with Crippen LogP contribution in [-0.4, -0.2) is 9.52 Å². The van der Waals surface area contributed by atoms with Gasteiger partial charge in [-0.25, -0.2) is 0 Å². The van der Waals surface area contributed by atoms with E-state index in [1.54, 1.807) is 11.1 Å². The van der Waals surface area contributed by atoms with Gasteiger partial charge < -0.3 is 0 Å². The lowest BCUT2D eigenvalue weighted by Gasteiger charge is -2.23. The SMILES string of the molecule is CC1=Cc2c(ccc(C(C)C)c2-c2cc(C(C)C)cc(C(C)C)c2)C1C[Si]CC1C(C)=Cc2c1ccc(C(C)C)c2-c1cc(C(C)C)cc(C(C)C)c1. The zero-order valence-electron chi connectivity index (χ0n) is 35.5. The lowest BCUT2D eigenvalue weighted by atomic mass is 9.83. The molecule has 0 spiro atoms. The highest BCUT2D eigenvalue weighted by atomic mass is 28.2. The molecule has 0 heterocycles. The van der Waals surface area contributed by atoms with Gasteiger partial charge >= 0.3 is 0 Å². The Morgan fingerprint density at radius 1 is 0.434 bits per heavy atom. The smallest absolute Gasteiger partial charge is 0.0397 e. The summed E-state index contributed by atoms with van der Waals surface area (Å²) in [5, 5.41) is 0. The first kappa shape index (κ1) is 39.3. The molecule has 0 amide bonds. The fraction of sp³-hybridized carbons (Fsp3) is 0.462. The molecule has 4 aromatic carbocycles. The minimum atomic E-state index is 0.471. The van der Waals surface area contributed by atoms with Crippen molar-refractivity contribution in [2.24, 2.45) is 0 Å². The van der Waals surface area contributed by atoms with Gasteiger partial charge in [0, 0.05) is 21.4 Å². The lowest BCUT2D eigenvalue weighted by molar-refractivity contribution is 0.833. The second kappa shape index (κ2) is 15.7. The van der Waals surface area contributed by atoms with Crippen molar-refractivity contribution in [3.05, 3.63) is 127 Å². The van der Waals surface area contributed by atoms with E-state index in [1.807, 2.05) is 0 Å². The summed E-state index contributed by atoms with van der Waals surface area (Å²) in [6.07, 6.45) is 5.10. The predicted octanol–water partition coefficient (Wildman–Crippen LogP) is 16.0. The molecular weight excluding hydrogens is 653 g/mol. The summed E-state index contributed by atoms with van der Waals surface area (Å²) < 4.78 is 0. The van der Waals surface area contributed by atoms with Gasteiger partial charge in [0.05, 0.1) is 0 Å². The van der Waals surface area contributed by atoms with E-state index in [4.69, 9.17) is 0 Å². The fourth-order valence-corrected chi connectivity index (χ4v) is 10.7. The Hall–Kier alpha value is -3.42. The van der Waals surface area contributed by atoms with Crippen molar-refractivity contribution in [1.82, 2.24) is 0 Å². The Morgan fingerprint density at radius 3 is 1.04 bits per heavy atom. The van der Waals surface area contributed by atoms with Gasteiger partial charge in [0.1, 0.15) is 0 Å². The largest absolute Gasteiger partial charge is 0.0655 e. The van der Waals surface area contributed by atoms with Gasteiger partial charge in [0.25, 0.3) is 0 Å². The molecule has 2 radical (unpaired) electrons. The highest BCUT2D eigenvalue weighted by molar-refractivity contribution is 6.36. The first-order valence-corrected chi connectivity index (χ1v) is 22.2. The van der Waals surface area contributed by atoms with E-state index >= 15 is 0 Å². The average Bonchev–Trinajstić information content (AvgIpc) is 3.60. The third kappa shape index (κ3) is 7.75. The molecule has 53 heavy (non-hydrogen) atoms. The van der Waals surface area contributed by atoms with Crippen LogP contribution in [0.3, 0.4) is 0 Å². The van der Waals surface area contributed by atoms with Crippen LogP contribution >= 0.6 is 0 Å².